The second-order valence-corrected chi connectivity index (χ2v) is 22.2. The standard InChI is InChI=1S/C26H27Cl2N3OS.C22H20Cl2N2O2S.C4H9N/c1-16(2)21-22(24(32)30-14-4-5-15-30)33-25-29-26(3,18-8-12-20(28)13-9-18)23(31(21)25)17-6-10-19(27)11-7-17;1-12(2)17-18(20(27)28)29-21-25-22(3,14-6-10-16(24)11-7-14)19(26(17)21)13-4-8-15(23)9-5-13;1-2-4-5-3-1/h6-13,16,23H,4-5,14-15H2,1-3H3;4-12,19H,1-3H3,(H,27,28);5H,1-4H2. The summed E-state index contributed by atoms with van der Waals surface area (Å²) in [5, 5.41) is 17.3. The fraction of sp³-hybridized carbons (Fsp3) is 0.385. The first-order valence-corrected chi connectivity index (χ1v) is 26.0. The fourth-order valence-corrected chi connectivity index (χ4v) is 12.9. The third kappa shape index (κ3) is 9.94. The Hall–Kier alpha value is -3.94. The molecule has 4 unspecified atom stereocenters. The minimum atomic E-state index is -0.918. The lowest BCUT2D eigenvalue weighted by molar-refractivity contribution is -0.132. The molecule has 10 rings (SSSR count). The number of amidine groups is 2. The number of hydrogen-bond donors (Lipinski definition) is 2. The van der Waals surface area contributed by atoms with Gasteiger partial charge in [0.1, 0.15) is 20.9 Å². The third-order valence-corrected chi connectivity index (χ3v) is 16.2. The van der Waals surface area contributed by atoms with Crippen molar-refractivity contribution in [2.45, 2.75) is 90.4 Å². The SMILES string of the molecule is C1CCNC1.CC(C)C1=C(C(=O)N2CCCC2)SC2=NC(C)(c3ccc(Cl)cc3)C(c3ccc(Cl)cc3)N21.CC(C)C1=C(C(=O)O)SC2=NC(C)(c3ccc(Cl)cc3)C(c3ccc(Cl)cc3)N21. The van der Waals surface area contributed by atoms with Crippen molar-refractivity contribution in [1.82, 2.24) is 20.0 Å². The normalized spacial score (nSPS) is 24.1. The number of carboxylic acids is 1. The number of carbonyl (C=O) groups excluding carboxylic acids is 1. The molecule has 0 aliphatic carbocycles. The molecule has 2 N–H and O–H groups in total. The molecule has 0 radical (unpaired) electrons. The first-order chi connectivity index (χ1) is 32.0. The Labute approximate surface area is 423 Å². The van der Waals surface area contributed by atoms with Gasteiger partial charge < -0.3 is 25.1 Å². The minimum absolute atomic E-state index is 0.0312. The molecule has 1 amide bonds. The number of fused-ring (bicyclic) bond motifs is 2. The van der Waals surface area contributed by atoms with Gasteiger partial charge in [-0.3, -0.25) is 4.79 Å². The summed E-state index contributed by atoms with van der Waals surface area (Å²) in [4.78, 5) is 43.3. The lowest BCUT2D eigenvalue weighted by Gasteiger charge is -2.37. The average Bonchev–Trinajstić information content (AvgIpc) is 4.17. The molecule has 9 nitrogen and oxygen atoms in total. The molecule has 2 fully saturated rings. The molecule has 67 heavy (non-hydrogen) atoms. The Morgan fingerprint density at radius 1 is 0.597 bits per heavy atom. The van der Waals surface area contributed by atoms with Crippen LogP contribution in [0, 0.1) is 11.8 Å². The summed E-state index contributed by atoms with van der Waals surface area (Å²) in [5.74, 6) is -0.571. The van der Waals surface area contributed by atoms with Crippen LogP contribution in [0.15, 0.2) is 128 Å². The highest BCUT2D eigenvalue weighted by Crippen LogP contribution is 2.58. The number of carboxylic acid groups (broad SMARTS) is 1. The van der Waals surface area contributed by atoms with Crippen molar-refractivity contribution in [3.05, 3.63) is 161 Å². The van der Waals surface area contributed by atoms with Crippen molar-refractivity contribution >= 4 is 92.1 Å². The highest BCUT2D eigenvalue weighted by molar-refractivity contribution is 8.18. The molecular formula is C52H56Cl4N6O3S2. The number of carbonyl (C=O) groups is 2. The molecule has 15 heteroatoms. The van der Waals surface area contributed by atoms with Crippen molar-refractivity contribution in [3.8, 4) is 0 Å². The predicted molar refractivity (Wildman–Crippen MR) is 279 cm³/mol. The number of thioether (sulfide) groups is 2. The first kappa shape index (κ1) is 49.5. The lowest BCUT2D eigenvalue weighted by atomic mass is 9.81. The van der Waals surface area contributed by atoms with Crippen molar-refractivity contribution in [2.24, 2.45) is 21.8 Å². The van der Waals surface area contributed by atoms with E-state index in [0.717, 1.165) is 69.7 Å². The number of hydrogen-bond acceptors (Lipinski definition) is 9. The number of allylic oxidation sites excluding steroid dienone is 2. The van der Waals surface area contributed by atoms with Gasteiger partial charge in [-0.15, -0.1) is 0 Å². The Bertz CT molecular complexity index is 2600. The molecule has 0 bridgehead atoms. The van der Waals surface area contributed by atoms with Crippen LogP contribution < -0.4 is 5.32 Å². The van der Waals surface area contributed by atoms with Crippen LogP contribution in [-0.4, -0.2) is 68.2 Å². The van der Waals surface area contributed by atoms with Gasteiger partial charge in [-0.25, -0.2) is 14.8 Å². The molecule has 6 aliphatic heterocycles. The van der Waals surface area contributed by atoms with Crippen LogP contribution in [0.1, 0.15) is 102 Å². The van der Waals surface area contributed by atoms with Gasteiger partial charge in [-0.2, -0.15) is 0 Å². The van der Waals surface area contributed by atoms with Gasteiger partial charge >= 0.3 is 5.97 Å². The molecule has 352 valence electrons. The average molecular weight is 1020 g/mol. The van der Waals surface area contributed by atoms with Gasteiger partial charge in [0.05, 0.1) is 12.1 Å². The molecule has 0 saturated carbocycles. The topological polar surface area (TPSA) is 101 Å². The second kappa shape index (κ2) is 20.6. The van der Waals surface area contributed by atoms with Gasteiger partial charge in [0.15, 0.2) is 10.3 Å². The Morgan fingerprint density at radius 3 is 1.30 bits per heavy atom. The summed E-state index contributed by atoms with van der Waals surface area (Å²) >= 11 is 27.4. The van der Waals surface area contributed by atoms with E-state index in [1.165, 1.54) is 49.5 Å². The van der Waals surface area contributed by atoms with Crippen molar-refractivity contribution < 1.29 is 14.7 Å². The van der Waals surface area contributed by atoms with E-state index < -0.39 is 17.0 Å². The monoisotopic (exact) mass is 1020 g/mol. The van der Waals surface area contributed by atoms with Gasteiger partial charge in [-0.05, 0) is 159 Å². The zero-order chi connectivity index (χ0) is 47.8. The summed E-state index contributed by atoms with van der Waals surface area (Å²) in [6.07, 6.45) is 4.93. The van der Waals surface area contributed by atoms with Gasteiger partial charge in [-0.1, -0.05) is 123 Å². The van der Waals surface area contributed by atoms with E-state index in [2.05, 4.69) is 67.1 Å². The maximum absolute atomic E-state index is 13.5. The van der Waals surface area contributed by atoms with Gasteiger partial charge in [0, 0.05) is 44.6 Å². The van der Waals surface area contributed by atoms with Crippen LogP contribution in [0.3, 0.4) is 0 Å². The minimum Gasteiger partial charge on any atom is -0.477 e. The number of aliphatic carboxylic acids is 1. The molecule has 4 atom stereocenters. The van der Waals surface area contributed by atoms with Gasteiger partial charge in [0.25, 0.3) is 5.91 Å². The molecule has 2 saturated heterocycles. The van der Waals surface area contributed by atoms with Crippen LogP contribution in [0.2, 0.25) is 20.1 Å². The Balaban J connectivity index is 0.000000165. The van der Waals surface area contributed by atoms with Crippen LogP contribution in [0.25, 0.3) is 0 Å². The third-order valence-electron chi connectivity index (χ3n) is 13.1. The first-order valence-electron chi connectivity index (χ1n) is 22.9. The van der Waals surface area contributed by atoms with Crippen molar-refractivity contribution in [3.63, 3.8) is 0 Å². The highest BCUT2D eigenvalue weighted by atomic mass is 35.5. The number of rotatable bonds is 8. The molecule has 6 aliphatic rings. The fourth-order valence-electron chi connectivity index (χ4n) is 9.82. The van der Waals surface area contributed by atoms with Crippen molar-refractivity contribution in [1.29, 1.82) is 0 Å². The Kier molecular flexibility index (Phi) is 15.2. The highest BCUT2D eigenvalue weighted by Gasteiger charge is 2.55. The summed E-state index contributed by atoms with van der Waals surface area (Å²) in [6, 6.07) is 31.0. The van der Waals surface area contributed by atoms with E-state index in [4.69, 9.17) is 56.4 Å². The quantitative estimate of drug-likeness (QED) is 0.180. The van der Waals surface area contributed by atoms with Crippen molar-refractivity contribution in [2.75, 3.05) is 26.2 Å². The number of nitrogens with zero attached hydrogens (tertiary/aromatic N) is 5. The largest absolute Gasteiger partial charge is 0.477 e. The number of amides is 1. The molecule has 4 aromatic rings. The van der Waals surface area contributed by atoms with Gasteiger partial charge in [0.2, 0.25) is 0 Å². The Morgan fingerprint density at radius 2 is 0.955 bits per heavy atom. The second-order valence-electron chi connectivity index (χ2n) is 18.4. The maximum Gasteiger partial charge on any atom is 0.344 e. The summed E-state index contributed by atoms with van der Waals surface area (Å²) in [5.41, 5.74) is 4.95. The van der Waals surface area contributed by atoms with Crippen LogP contribution in [0.5, 0.6) is 0 Å². The molecule has 4 aromatic carbocycles. The number of likely N-dealkylation sites (tertiary alicyclic amines) is 1. The van der Waals surface area contributed by atoms with Crippen LogP contribution in [-0.2, 0) is 20.7 Å². The zero-order valence-corrected chi connectivity index (χ0v) is 43.2. The zero-order valence-electron chi connectivity index (χ0n) is 38.5. The predicted octanol–water partition coefficient (Wildman–Crippen LogP) is 13.5. The molecule has 0 spiro atoms. The van der Waals surface area contributed by atoms with Crippen LogP contribution in [0.4, 0.5) is 0 Å². The van der Waals surface area contributed by atoms with E-state index in [0.29, 0.717) is 30.2 Å². The number of nitrogens with one attached hydrogen (secondary N) is 1. The summed E-state index contributed by atoms with van der Waals surface area (Å²) < 4.78 is 0. The van der Waals surface area contributed by atoms with E-state index in [-0.39, 0.29) is 29.8 Å². The number of aliphatic imine (C=N–C) groups is 2. The van der Waals surface area contributed by atoms with E-state index >= 15 is 0 Å². The van der Waals surface area contributed by atoms with E-state index in [9.17, 15) is 14.7 Å². The number of halogens is 4. The maximum atomic E-state index is 13.5. The summed E-state index contributed by atoms with van der Waals surface area (Å²) in [7, 11) is 0. The number of benzene rings is 4. The molecular weight excluding hydrogens is 963 g/mol. The lowest BCUT2D eigenvalue weighted by Crippen LogP contribution is -2.36. The molecule has 6 heterocycles. The van der Waals surface area contributed by atoms with E-state index in [1.807, 2.05) is 91.5 Å². The van der Waals surface area contributed by atoms with Crippen LogP contribution >= 0.6 is 69.9 Å². The molecule has 0 aromatic heterocycles. The smallest absolute Gasteiger partial charge is 0.344 e. The van der Waals surface area contributed by atoms with E-state index in [1.54, 1.807) is 0 Å². The summed E-state index contributed by atoms with van der Waals surface area (Å²) in [6.45, 7) is 16.8.